The van der Waals surface area contributed by atoms with Crippen molar-refractivity contribution in [2.24, 2.45) is 0 Å². The van der Waals surface area contributed by atoms with Gasteiger partial charge in [0, 0.05) is 6.42 Å². The molecular formula is C15H27NO6. The average Bonchev–Trinajstić information content (AvgIpc) is 2.72. The molecule has 1 rings (SSSR count). The molecule has 1 amide bonds. The Morgan fingerprint density at radius 3 is 2.45 bits per heavy atom. The minimum Gasteiger partial charge on any atom is -0.469 e. The molecule has 0 aromatic rings. The molecule has 0 unspecified atom stereocenters. The van der Waals surface area contributed by atoms with E-state index < -0.39 is 23.5 Å². The molecule has 1 aliphatic rings. The van der Waals surface area contributed by atoms with Gasteiger partial charge in [0.15, 0.2) is 5.79 Å². The van der Waals surface area contributed by atoms with E-state index in [2.05, 4.69) is 10.1 Å². The van der Waals surface area contributed by atoms with Crippen LogP contribution in [0, 0.1) is 0 Å². The molecule has 1 fully saturated rings. The highest BCUT2D eigenvalue weighted by Crippen LogP contribution is 2.26. The SMILES string of the molecule is COC(=O)CC[C@@H](NC(=O)OC(C)(C)C)[C@H]1COC(C)(C)O1. The smallest absolute Gasteiger partial charge is 0.407 e. The molecule has 1 saturated heterocycles. The van der Waals surface area contributed by atoms with Crippen molar-refractivity contribution in [1.29, 1.82) is 0 Å². The Morgan fingerprint density at radius 1 is 1.36 bits per heavy atom. The van der Waals surface area contributed by atoms with Gasteiger partial charge < -0.3 is 24.3 Å². The van der Waals surface area contributed by atoms with E-state index in [1.165, 1.54) is 7.11 Å². The lowest BCUT2D eigenvalue weighted by Crippen LogP contribution is -2.47. The van der Waals surface area contributed by atoms with Crippen LogP contribution in [-0.2, 0) is 23.7 Å². The molecule has 1 heterocycles. The normalized spacial score (nSPS) is 22.0. The monoisotopic (exact) mass is 317 g/mol. The summed E-state index contributed by atoms with van der Waals surface area (Å²) in [5.74, 6) is -1.04. The Kier molecular flexibility index (Phi) is 6.19. The van der Waals surface area contributed by atoms with Gasteiger partial charge in [-0.25, -0.2) is 4.79 Å². The lowest BCUT2D eigenvalue weighted by Gasteiger charge is -2.27. The second-order valence-corrected chi connectivity index (χ2v) is 6.73. The summed E-state index contributed by atoms with van der Waals surface area (Å²) in [5, 5.41) is 2.76. The second-order valence-electron chi connectivity index (χ2n) is 6.73. The van der Waals surface area contributed by atoms with Gasteiger partial charge >= 0.3 is 12.1 Å². The molecule has 0 saturated carbocycles. The molecule has 0 aliphatic carbocycles. The Balaban J connectivity index is 2.66. The quantitative estimate of drug-likeness (QED) is 0.781. The minimum atomic E-state index is -0.705. The Labute approximate surface area is 131 Å². The molecule has 0 radical (unpaired) electrons. The molecule has 0 aromatic carbocycles. The first kappa shape index (κ1) is 18.7. The summed E-state index contributed by atoms with van der Waals surface area (Å²) in [6, 6.07) is -0.393. The number of carbonyl (C=O) groups excluding carboxylic acids is 2. The van der Waals surface area contributed by atoms with Crippen LogP contribution in [0.25, 0.3) is 0 Å². The minimum absolute atomic E-state index is 0.178. The summed E-state index contributed by atoms with van der Waals surface area (Å²) in [5.41, 5.74) is -0.594. The third kappa shape index (κ3) is 6.62. The lowest BCUT2D eigenvalue weighted by atomic mass is 10.1. The van der Waals surface area contributed by atoms with Gasteiger partial charge in [-0.2, -0.15) is 0 Å². The van der Waals surface area contributed by atoms with E-state index in [-0.39, 0.29) is 18.5 Å². The van der Waals surface area contributed by atoms with E-state index in [9.17, 15) is 9.59 Å². The van der Waals surface area contributed by atoms with E-state index in [0.717, 1.165) is 0 Å². The lowest BCUT2D eigenvalue weighted by molar-refractivity contribution is -0.144. The fraction of sp³-hybridized carbons (Fsp3) is 0.867. The maximum absolute atomic E-state index is 12.0. The van der Waals surface area contributed by atoms with E-state index in [1.54, 1.807) is 34.6 Å². The first-order valence-corrected chi connectivity index (χ1v) is 7.40. The number of esters is 1. The van der Waals surface area contributed by atoms with Crippen LogP contribution in [-0.4, -0.2) is 49.3 Å². The number of amides is 1. The van der Waals surface area contributed by atoms with Gasteiger partial charge in [0.05, 0.1) is 19.8 Å². The predicted molar refractivity (Wildman–Crippen MR) is 79.3 cm³/mol. The van der Waals surface area contributed by atoms with E-state index >= 15 is 0 Å². The summed E-state index contributed by atoms with van der Waals surface area (Å²) >= 11 is 0. The molecule has 1 N–H and O–H groups in total. The van der Waals surface area contributed by atoms with Crippen LogP contribution < -0.4 is 5.32 Å². The third-order valence-electron chi connectivity index (χ3n) is 3.07. The topological polar surface area (TPSA) is 83.1 Å². The number of carbonyl (C=O) groups is 2. The van der Waals surface area contributed by atoms with E-state index in [1.807, 2.05) is 0 Å². The van der Waals surface area contributed by atoms with Gasteiger partial charge in [-0.3, -0.25) is 4.79 Å². The van der Waals surface area contributed by atoms with Crippen molar-refractivity contribution in [3.63, 3.8) is 0 Å². The molecule has 7 nitrogen and oxygen atoms in total. The average molecular weight is 317 g/mol. The van der Waals surface area contributed by atoms with Crippen LogP contribution >= 0.6 is 0 Å². The number of methoxy groups -OCH3 is 1. The van der Waals surface area contributed by atoms with Crippen molar-refractivity contribution in [1.82, 2.24) is 5.32 Å². The summed E-state index contributed by atoms with van der Waals surface area (Å²) in [6.07, 6.45) is -0.323. The largest absolute Gasteiger partial charge is 0.469 e. The molecular weight excluding hydrogens is 290 g/mol. The number of rotatable bonds is 5. The summed E-state index contributed by atoms with van der Waals surface area (Å²) in [7, 11) is 1.33. The zero-order valence-electron chi connectivity index (χ0n) is 14.2. The Morgan fingerprint density at radius 2 is 2.00 bits per heavy atom. The number of alkyl carbamates (subject to hydrolysis) is 1. The van der Waals surface area contributed by atoms with Crippen molar-refractivity contribution in [3.8, 4) is 0 Å². The number of hydrogen-bond donors (Lipinski definition) is 1. The maximum Gasteiger partial charge on any atom is 0.407 e. The van der Waals surface area contributed by atoms with Gasteiger partial charge in [0.2, 0.25) is 0 Å². The highest BCUT2D eigenvalue weighted by molar-refractivity contribution is 5.70. The molecule has 128 valence electrons. The standard InChI is InChI=1S/C15H27NO6/c1-14(2,3)22-13(18)16-10(7-8-12(17)19-6)11-9-20-15(4,5)21-11/h10-11H,7-9H2,1-6H3,(H,16,18)/t10-,11-/m1/s1. The fourth-order valence-corrected chi connectivity index (χ4v) is 2.10. The third-order valence-corrected chi connectivity index (χ3v) is 3.07. The van der Waals surface area contributed by atoms with Crippen molar-refractivity contribution in [2.75, 3.05) is 13.7 Å². The van der Waals surface area contributed by atoms with E-state index in [0.29, 0.717) is 13.0 Å². The number of ether oxygens (including phenoxy) is 4. The Bertz CT molecular complexity index is 401. The molecule has 2 atom stereocenters. The second kappa shape index (κ2) is 7.28. The molecule has 22 heavy (non-hydrogen) atoms. The van der Waals surface area contributed by atoms with Gasteiger partial charge in [0.1, 0.15) is 11.7 Å². The van der Waals surface area contributed by atoms with Crippen molar-refractivity contribution in [2.45, 2.75) is 71.0 Å². The number of hydrogen-bond acceptors (Lipinski definition) is 6. The van der Waals surface area contributed by atoms with Gasteiger partial charge in [-0.05, 0) is 41.0 Å². The van der Waals surface area contributed by atoms with Crippen molar-refractivity contribution in [3.05, 3.63) is 0 Å². The highest BCUT2D eigenvalue weighted by atomic mass is 16.7. The first-order chi connectivity index (χ1) is 10.0. The molecule has 7 heteroatoms. The zero-order valence-corrected chi connectivity index (χ0v) is 14.2. The molecule has 0 spiro atoms. The summed E-state index contributed by atoms with van der Waals surface area (Å²) < 4.78 is 21.2. The van der Waals surface area contributed by atoms with E-state index in [4.69, 9.17) is 14.2 Å². The van der Waals surface area contributed by atoms with Gasteiger partial charge in [0.25, 0.3) is 0 Å². The van der Waals surface area contributed by atoms with Crippen LogP contribution in [0.1, 0.15) is 47.5 Å². The molecule has 0 bridgehead atoms. The van der Waals surface area contributed by atoms with Crippen LogP contribution in [0.2, 0.25) is 0 Å². The van der Waals surface area contributed by atoms with Gasteiger partial charge in [-0.15, -0.1) is 0 Å². The maximum atomic E-state index is 12.0. The Hall–Kier alpha value is -1.34. The summed E-state index contributed by atoms with van der Waals surface area (Å²) in [4.78, 5) is 23.3. The number of nitrogens with one attached hydrogen (secondary N) is 1. The van der Waals surface area contributed by atoms with Crippen molar-refractivity contribution >= 4 is 12.1 Å². The van der Waals surface area contributed by atoms with Gasteiger partial charge in [-0.1, -0.05) is 0 Å². The van der Waals surface area contributed by atoms with Crippen LogP contribution in [0.3, 0.4) is 0 Å². The predicted octanol–water partition coefficient (Wildman–Crippen LogP) is 1.98. The fourth-order valence-electron chi connectivity index (χ4n) is 2.10. The first-order valence-electron chi connectivity index (χ1n) is 7.40. The molecule has 1 aliphatic heterocycles. The van der Waals surface area contributed by atoms with Crippen LogP contribution in [0.5, 0.6) is 0 Å². The highest BCUT2D eigenvalue weighted by Gasteiger charge is 2.38. The molecule has 0 aromatic heterocycles. The van der Waals surface area contributed by atoms with Crippen molar-refractivity contribution < 1.29 is 28.5 Å². The van der Waals surface area contributed by atoms with Crippen LogP contribution in [0.15, 0.2) is 0 Å². The summed E-state index contributed by atoms with van der Waals surface area (Å²) in [6.45, 7) is 9.31. The zero-order chi connectivity index (χ0) is 17.0. The van der Waals surface area contributed by atoms with Crippen LogP contribution in [0.4, 0.5) is 4.79 Å².